The molecule has 0 heterocycles. The molecule has 0 aromatic heterocycles. The van der Waals surface area contributed by atoms with Crippen molar-refractivity contribution in [3.63, 3.8) is 0 Å². The highest BCUT2D eigenvalue weighted by Gasteiger charge is 2.40. The van der Waals surface area contributed by atoms with Gasteiger partial charge in [-0.2, -0.15) is 0 Å². The van der Waals surface area contributed by atoms with E-state index in [0.29, 0.717) is 5.19 Å². The Labute approximate surface area is 151 Å². The van der Waals surface area contributed by atoms with Gasteiger partial charge < -0.3 is 0 Å². The first-order valence-electron chi connectivity index (χ1n) is 5.23. The van der Waals surface area contributed by atoms with Crippen LogP contribution in [0.1, 0.15) is 0 Å². The quantitative estimate of drug-likeness (QED) is 0.240. The Hall–Kier alpha value is 0.687. The maximum Gasteiger partial charge on any atom is 0.313 e. The van der Waals surface area contributed by atoms with Crippen molar-refractivity contribution >= 4 is 97.2 Å². The first-order chi connectivity index (χ1) is 9.28. The molecule has 0 saturated carbocycles. The minimum Gasteiger partial charge on any atom is -0.133 e. The summed E-state index contributed by atoms with van der Waals surface area (Å²) in [5, 5.41) is 1.59. The Morgan fingerprint density at radius 2 is 1.00 bits per heavy atom. The summed E-state index contributed by atoms with van der Waals surface area (Å²) in [4.78, 5) is 0. The van der Waals surface area contributed by atoms with Gasteiger partial charge in [0.05, 0.1) is 25.1 Å². The normalized spacial score (nSPS) is 11.8. The topological polar surface area (TPSA) is 0 Å². The molecule has 0 aliphatic heterocycles. The highest BCUT2D eigenvalue weighted by molar-refractivity contribution is 7.56. The fourth-order valence-corrected chi connectivity index (χ4v) is 7.99. The molecule has 0 aliphatic carbocycles. The molecule has 0 nitrogen and oxygen atoms in total. The van der Waals surface area contributed by atoms with Crippen molar-refractivity contribution in [3.8, 4) is 0 Å². The lowest BCUT2D eigenvalue weighted by Gasteiger charge is -2.22. The van der Waals surface area contributed by atoms with Gasteiger partial charge in [-0.25, -0.2) is 0 Å². The molecule has 0 atom stereocenters. The van der Waals surface area contributed by atoms with E-state index in [1.807, 2.05) is 18.2 Å². The van der Waals surface area contributed by atoms with E-state index in [2.05, 4.69) is 0 Å². The zero-order chi connectivity index (χ0) is 15.1. The summed E-state index contributed by atoms with van der Waals surface area (Å²) in [5.74, 6) is 0. The van der Waals surface area contributed by atoms with Gasteiger partial charge in [0.25, 0.3) is 0 Å². The number of benzene rings is 2. The van der Waals surface area contributed by atoms with Gasteiger partial charge in [-0.1, -0.05) is 88.3 Å². The lowest BCUT2D eigenvalue weighted by Crippen LogP contribution is -2.49. The van der Waals surface area contributed by atoms with Crippen LogP contribution in [0.2, 0.25) is 25.1 Å². The molecule has 0 bridgehead atoms. The molecule has 106 valence electrons. The highest BCUT2D eigenvalue weighted by atomic mass is 35.7. The van der Waals surface area contributed by atoms with Gasteiger partial charge in [0.15, 0.2) is 0 Å². The highest BCUT2D eigenvalue weighted by Crippen LogP contribution is 2.41. The van der Waals surface area contributed by atoms with Gasteiger partial charge in [0, 0.05) is 5.19 Å². The lowest BCUT2D eigenvalue weighted by atomic mass is 10.3. The van der Waals surface area contributed by atoms with E-state index in [1.165, 1.54) is 0 Å². The molecule has 2 aromatic carbocycles. The van der Waals surface area contributed by atoms with Gasteiger partial charge >= 0.3 is 6.69 Å². The molecular formula is C12H5Cl7Si. The number of hydrogen-bond donors (Lipinski definition) is 0. The zero-order valence-electron chi connectivity index (χ0n) is 9.53. The molecule has 0 amide bonds. The molecule has 0 N–H and O–H groups in total. The van der Waals surface area contributed by atoms with Crippen LogP contribution in [0.15, 0.2) is 30.3 Å². The average molecular weight is 425 g/mol. The Balaban J connectivity index is 2.76. The first kappa shape index (κ1) is 17.0. The largest absolute Gasteiger partial charge is 0.313 e. The minimum atomic E-state index is -3.18. The van der Waals surface area contributed by atoms with E-state index in [9.17, 15) is 0 Å². The van der Waals surface area contributed by atoms with Crippen LogP contribution >= 0.6 is 80.2 Å². The Kier molecular flexibility index (Phi) is 5.48. The summed E-state index contributed by atoms with van der Waals surface area (Å²) < 4.78 is 0. The molecule has 2 rings (SSSR count). The predicted molar refractivity (Wildman–Crippen MR) is 94.7 cm³/mol. The van der Waals surface area contributed by atoms with Gasteiger partial charge in [0.1, 0.15) is 0 Å². The molecule has 0 fully saturated rings. The van der Waals surface area contributed by atoms with Gasteiger partial charge in [-0.15, -0.1) is 22.2 Å². The van der Waals surface area contributed by atoms with Crippen LogP contribution in [-0.4, -0.2) is 6.69 Å². The number of halogens is 7. The van der Waals surface area contributed by atoms with E-state index >= 15 is 0 Å². The standard InChI is InChI=1S/C12H5Cl7Si/c13-7-8(14)10(16)12(11(17)9(7)15)20(18,19)6-4-2-1-3-5-6/h1-5H. The Bertz CT molecular complexity index is 626. The third kappa shape index (κ3) is 2.93. The summed E-state index contributed by atoms with van der Waals surface area (Å²) in [5.41, 5.74) is 0. The molecule has 0 unspecified atom stereocenters. The van der Waals surface area contributed by atoms with E-state index in [0.717, 1.165) is 5.19 Å². The van der Waals surface area contributed by atoms with Crippen molar-refractivity contribution in [1.29, 1.82) is 0 Å². The SMILES string of the molecule is Clc1c(Cl)c(Cl)c([Si](Cl)(Cl)c2ccccc2)c(Cl)c1Cl. The van der Waals surface area contributed by atoms with Gasteiger partial charge in [-0.3, -0.25) is 0 Å². The maximum atomic E-state index is 6.57. The van der Waals surface area contributed by atoms with Crippen molar-refractivity contribution in [1.82, 2.24) is 0 Å². The average Bonchev–Trinajstić information content (AvgIpc) is 2.44. The van der Waals surface area contributed by atoms with Crippen LogP contribution in [0.25, 0.3) is 0 Å². The third-order valence-electron chi connectivity index (χ3n) is 2.66. The van der Waals surface area contributed by atoms with E-state index in [1.54, 1.807) is 12.1 Å². The summed E-state index contributed by atoms with van der Waals surface area (Å²) in [7, 11) is 0. The van der Waals surface area contributed by atoms with Gasteiger partial charge in [0.2, 0.25) is 0 Å². The van der Waals surface area contributed by atoms with E-state index in [4.69, 9.17) is 80.2 Å². The maximum absolute atomic E-state index is 6.57. The van der Waals surface area contributed by atoms with Crippen molar-refractivity contribution in [3.05, 3.63) is 55.4 Å². The molecule has 0 spiro atoms. The van der Waals surface area contributed by atoms with E-state index < -0.39 is 6.69 Å². The molecule has 8 heteroatoms. The van der Waals surface area contributed by atoms with Crippen molar-refractivity contribution in [2.75, 3.05) is 0 Å². The molecule has 0 aliphatic rings. The predicted octanol–water partition coefficient (Wildman–Crippen LogP) is 5.99. The summed E-state index contributed by atoms with van der Waals surface area (Å²) in [6, 6.07) is 9.10. The van der Waals surface area contributed by atoms with Crippen LogP contribution in [0.5, 0.6) is 0 Å². The lowest BCUT2D eigenvalue weighted by molar-refractivity contribution is 1.72. The Morgan fingerprint density at radius 3 is 1.45 bits per heavy atom. The van der Waals surface area contributed by atoms with Crippen LogP contribution in [0.3, 0.4) is 0 Å². The van der Waals surface area contributed by atoms with Crippen molar-refractivity contribution in [2.24, 2.45) is 0 Å². The van der Waals surface area contributed by atoms with Crippen LogP contribution < -0.4 is 10.4 Å². The second-order valence-corrected chi connectivity index (χ2v) is 12.0. The van der Waals surface area contributed by atoms with Crippen molar-refractivity contribution < 1.29 is 0 Å². The Morgan fingerprint density at radius 1 is 0.600 bits per heavy atom. The first-order valence-corrected chi connectivity index (χ1v) is 11.1. The van der Waals surface area contributed by atoms with E-state index in [-0.39, 0.29) is 25.1 Å². The molecule has 20 heavy (non-hydrogen) atoms. The van der Waals surface area contributed by atoms with Gasteiger partial charge in [-0.05, 0) is 5.19 Å². The summed E-state index contributed by atoms with van der Waals surface area (Å²) >= 11 is 43.6. The number of hydrogen-bond acceptors (Lipinski definition) is 0. The molecule has 2 aromatic rings. The minimum absolute atomic E-state index is 0.0817. The van der Waals surface area contributed by atoms with Crippen LogP contribution in [0.4, 0.5) is 0 Å². The second-order valence-electron chi connectivity index (χ2n) is 3.89. The monoisotopic (exact) mass is 422 g/mol. The van der Waals surface area contributed by atoms with Crippen LogP contribution in [-0.2, 0) is 0 Å². The third-order valence-corrected chi connectivity index (χ3v) is 9.88. The summed E-state index contributed by atoms with van der Waals surface area (Å²) in [6.45, 7) is -3.18. The smallest absolute Gasteiger partial charge is 0.133 e. The molecule has 0 saturated heterocycles. The fourth-order valence-electron chi connectivity index (χ4n) is 1.67. The fraction of sp³-hybridized carbons (Fsp3) is 0. The summed E-state index contributed by atoms with van der Waals surface area (Å²) in [6.07, 6.45) is 0. The molecule has 0 radical (unpaired) electrons. The zero-order valence-corrected chi connectivity index (χ0v) is 15.8. The number of rotatable bonds is 2. The van der Waals surface area contributed by atoms with Crippen LogP contribution in [0, 0.1) is 0 Å². The second kappa shape index (κ2) is 6.43. The van der Waals surface area contributed by atoms with Crippen molar-refractivity contribution in [2.45, 2.75) is 0 Å². The molecular weight excluding hydrogens is 420 g/mol.